The summed E-state index contributed by atoms with van der Waals surface area (Å²) in [7, 11) is 0. The molecule has 1 aromatic carbocycles. The monoisotopic (exact) mass is 447 g/mol. The van der Waals surface area contributed by atoms with Gasteiger partial charge in [-0.25, -0.2) is 4.98 Å². The van der Waals surface area contributed by atoms with Gasteiger partial charge in [-0.05, 0) is 30.4 Å². The Morgan fingerprint density at radius 3 is 2.78 bits per heavy atom. The van der Waals surface area contributed by atoms with Gasteiger partial charge in [0.1, 0.15) is 17.6 Å². The Kier molecular flexibility index (Phi) is 6.37. The molecule has 1 atom stereocenters. The Balaban J connectivity index is 1.43. The lowest BCUT2D eigenvalue weighted by atomic mass is 9.97. The molecule has 7 nitrogen and oxygen atoms in total. The number of fused-ring (bicyclic) bond motifs is 1. The molecule has 8 heteroatoms. The van der Waals surface area contributed by atoms with E-state index in [4.69, 9.17) is 0 Å². The average molecular weight is 448 g/mol. The Hall–Kier alpha value is -3.44. The SMILES string of the molecule is Cc1cn(CC(=O)N2CCc3c(sc(NC(=O)C[C@@H](C)c4ccccc4)c3C#N)C2)cn1. The van der Waals surface area contributed by atoms with Crippen LogP contribution < -0.4 is 5.32 Å². The molecular formula is C24H25N5O2S. The van der Waals surface area contributed by atoms with E-state index in [0.29, 0.717) is 36.5 Å². The number of hydrogen-bond donors (Lipinski definition) is 1. The fourth-order valence-corrected chi connectivity index (χ4v) is 5.22. The number of nitrogens with zero attached hydrogens (tertiary/aromatic N) is 4. The van der Waals surface area contributed by atoms with Gasteiger partial charge in [0.2, 0.25) is 11.8 Å². The second kappa shape index (κ2) is 9.37. The van der Waals surface area contributed by atoms with Crippen molar-refractivity contribution in [3.8, 4) is 6.07 Å². The van der Waals surface area contributed by atoms with Gasteiger partial charge in [0.25, 0.3) is 0 Å². The first kappa shape index (κ1) is 21.8. The van der Waals surface area contributed by atoms with Crippen LogP contribution in [-0.4, -0.2) is 32.8 Å². The number of imidazole rings is 1. The molecule has 0 unspecified atom stereocenters. The van der Waals surface area contributed by atoms with Crippen LogP contribution in [0.25, 0.3) is 0 Å². The second-order valence-corrected chi connectivity index (χ2v) is 9.24. The summed E-state index contributed by atoms with van der Waals surface area (Å²) in [5.41, 5.74) is 3.46. The van der Waals surface area contributed by atoms with Crippen LogP contribution in [0.2, 0.25) is 0 Å². The smallest absolute Gasteiger partial charge is 0.242 e. The van der Waals surface area contributed by atoms with Gasteiger partial charge in [-0.3, -0.25) is 9.59 Å². The maximum absolute atomic E-state index is 12.7. The van der Waals surface area contributed by atoms with E-state index in [9.17, 15) is 14.9 Å². The molecule has 0 fully saturated rings. The minimum absolute atomic E-state index is 0.0160. The summed E-state index contributed by atoms with van der Waals surface area (Å²) in [6.07, 6.45) is 4.45. The van der Waals surface area contributed by atoms with E-state index < -0.39 is 0 Å². The summed E-state index contributed by atoms with van der Waals surface area (Å²) in [4.78, 5) is 32.3. The zero-order valence-corrected chi connectivity index (χ0v) is 19.0. The number of hydrogen-bond acceptors (Lipinski definition) is 5. The molecule has 0 saturated carbocycles. The molecule has 1 aliphatic rings. The topological polar surface area (TPSA) is 91.0 Å². The van der Waals surface area contributed by atoms with E-state index in [1.165, 1.54) is 11.3 Å². The van der Waals surface area contributed by atoms with Crippen molar-refractivity contribution in [2.45, 2.75) is 45.7 Å². The van der Waals surface area contributed by atoms with Crippen LogP contribution in [0.4, 0.5) is 5.00 Å². The Bertz CT molecular complexity index is 1170. The molecule has 0 bridgehead atoms. The standard InChI is InChI=1S/C24H25N5O2S/c1-16(18-6-4-3-5-7-18)10-22(30)27-24-20(11-25)19-8-9-29(13-21(19)32-24)23(31)14-28-12-17(2)26-15-28/h3-7,12,15-16H,8-10,13-14H2,1-2H3,(H,27,30)/t16-/m1/s1. The highest BCUT2D eigenvalue weighted by Crippen LogP contribution is 2.37. The van der Waals surface area contributed by atoms with Gasteiger partial charge >= 0.3 is 0 Å². The molecule has 3 aromatic rings. The van der Waals surface area contributed by atoms with Crippen LogP contribution in [0, 0.1) is 18.3 Å². The number of aromatic nitrogens is 2. The van der Waals surface area contributed by atoms with E-state index in [1.54, 1.807) is 15.8 Å². The maximum atomic E-state index is 12.7. The molecule has 0 saturated heterocycles. The van der Waals surface area contributed by atoms with Crippen molar-refractivity contribution in [1.29, 1.82) is 5.26 Å². The molecule has 0 aliphatic carbocycles. The lowest BCUT2D eigenvalue weighted by Crippen LogP contribution is -2.37. The average Bonchev–Trinajstić information content (AvgIpc) is 3.35. The van der Waals surface area contributed by atoms with Crippen molar-refractivity contribution in [1.82, 2.24) is 14.5 Å². The van der Waals surface area contributed by atoms with E-state index in [0.717, 1.165) is 21.7 Å². The van der Waals surface area contributed by atoms with Gasteiger partial charge in [-0.15, -0.1) is 11.3 Å². The fraction of sp³-hybridized carbons (Fsp3) is 0.333. The second-order valence-electron chi connectivity index (χ2n) is 8.14. The lowest BCUT2D eigenvalue weighted by Gasteiger charge is -2.27. The van der Waals surface area contributed by atoms with Crippen molar-refractivity contribution in [3.05, 3.63) is 70.1 Å². The van der Waals surface area contributed by atoms with E-state index in [2.05, 4.69) is 16.4 Å². The third-order valence-electron chi connectivity index (χ3n) is 5.71. The molecule has 2 aromatic heterocycles. The summed E-state index contributed by atoms with van der Waals surface area (Å²) in [6, 6.07) is 12.2. The van der Waals surface area contributed by atoms with Crippen LogP contribution in [0.1, 0.15) is 46.5 Å². The third-order valence-corrected chi connectivity index (χ3v) is 6.85. The highest BCUT2D eigenvalue weighted by Gasteiger charge is 2.27. The first-order valence-corrected chi connectivity index (χ1v) is 11.4. The van der Waals surface area contributed by atoms with E-state index in [1.807, 2.05) is 50.4 Å². The van der Waals surface area contributed by atoms with Crippen LogP contribution in [-0.2, 0) is 29.1 Å². The number of carbonyl (C=O) groups excluding carboxylic acids is 2. The molecule has 2 amide bonds. The first-order valence-electron chi connectivity index (χ1n) is 10.6. The minimum Gasteiger partial charge on any atom is -0.336 e. The maximum Gasteiger partial charge on any atom is 0.242 e. The fourth-order valence-electron chi connectivity index (χ4n) is 3.99. The normalized spacial score (nSPS) is 13.8. The van der Waals surface area contributed by atoms with Crippen molar-refractivity contribution in [3.63, 3.8) is 0 Å². The number of benzene rings is 1. The summed E-state index contributed by atoms with van der Waals surface area (Å²) in [5, 5.41) is 13.3. The molecule has 32 heavy (non-hydrogen) atoms. The molecular weight excluding hydrogens is 422 g/mol. The summed E-state index contributed by atoms with van der Waals surface area (Å²) in [5.74, 6) is -0.0154. The molecule has 1 aliphatic heterocycles. The Labute approximate surface area is 191 Å². The van der Waals surface area contributed by atoms with Crippen LogP contribution in [0.5, 0.6) is 0 Å². The van der Waals surface area contributed by atoms with E-state index in [-0.39, 0.29) is 24.3 Å². The van der Waals surface area contributed by atoms with Crippen LogP contribution in [0.3, 0.4) is 0 Å². The van der Waals surface area contributed by atoms with Gasteiger partial charge < -0.3 is 14.8 Å². The van der Waals surface area contributed by atoms with Crippen molar-refractivity contribution in [2.75, 3.05) is 11.9 Å². The van der Waals surface area contributed by atoms with Gasteiger partial charge in [0.05, 0.1) is 24.1 Å². The molecule has 1 N–H and O–H groups in total. The number of anilines is 1. The van der Waals surface area contributed by atoms with Gasteiger partial charge in [-0.2, -0.15) is 5.26 Å². The molecule has 164 valence electrons. The number of carbonyl (C=O) groups is 2. The largest absolute Gasteiger partial charge is 0.336 e. The molecule has 4 rings (SSSR count). The zero-order chi connectivity index (χ0) is 22.7. The quantitative estimate of drug-likeness (QED) is 0.622. The lowest BCUT2D eigenvalue weighted by molar-refractivity contribution is -0.132. The zero-order valence-electron chi connectivity index (χ0n) is 18.2. The third kappa shape index (κ3) is 4.73. The van der Waals surface area contributed by atoms with Crippen molar-refractivity contribution < 1.29 is 9.59 Å². The van der Waals surface area contributed by atoms with E-state index >= 15 is 0 Å². The minimum atomic E-state index is -0.111. The van der Waals surface area contributed by atoms with Crippen LogP contribution in [0.15, 0.2) is 42.9 Å². The Morgan fingerprint density at radius 2 is 2.09 bits per heavy atom. The highest BCUT2D eigenvalue weighted by atomic mass is 32.1. The first-order chi connectivity index (χ1) is 15.4. The van der Waals surface area contributed by atoms with Gasteiger partial charge in [-0.1, -0.05) is 37.3 Å². The van der Waals surface area contributed by atoms with Crippen molar-refractivity contribution in [2.24, 2.45) is 0 Å². The molecule has 0 radical (unpaired) electrons. The predicted molar refractivity (Wildman–Crippen MR) is 123 cm³/mol. The Morgan fingerprint density at radius 1 is 1.31 bits per heavy atom. The van der Waals surface area contributed by atoms with Gasteiger partial charge in [0, 0.05) is 24.0 Å². The molecule has 0 spiro atoms. The number of thiophene rings is 1. The van der Waals surface area contributed by atoms with Crippen LogP contribution >= 0.6 is 11.3 Å². The summed E-state index contributed by atoms with van der Waals surface area (Å²) >= 11 is 1.40. The number of rotatable bonds is 6. The number of nitriles is 1. The highest BCUT2D eigenvalue weighted by molar-refractivity contribution is 7.16. The number of amides is 2. The number of aryl methyl sites for hydroxylation is 1. The summed E-state index contributed by atoms with van der Waals surface area (Å²) < 4.78 is 1.78. The predicted octanol–water partition coefficient (Wildman–Crippen LogP) is 3.84. The van der Waals surface area contributed by atoms with Crippen molar-refractivity contribution >= 4 is 28.2 Å². The molecule has 3 heterocycles. The summed E-state index contributed by atoms with van der Waals surface area (Å²) in [6.45, 7) is 5.17. The van der Waals surface area contributed by atoms with Gasteiger partial charge in [0.15, 0.2) is 0 Å². The number of nitrogens with one attached hydrogen (secondary N) is 1.